The number of nitrogens with one attached hydrogen (secondary N) is 2. The van der Waals surface area contributed by atoms with Crippen LogP contribution < -0.4 is 10.6 Å². The highest BCUT2D eigenvalue weighted by Gasteiger charge is 2.22. The average Bonchev–Trinajstić information content (AvgIpc) is 2.80. The van der Waals surface area contributed by atoms with Gasteiger partial charge in [-0.1, -0.05) is 29.3 Å². The monoisotopic (exact) mass is 296 g/mol. The van der Waals surface area contributed by atoms with E-state index in [0.717, 1.165) is 25.8 Å². The van der Waals surface area contributed by atoms with E-state index >= 15 is 0 Å². The van der Waals surface area contributed by atoms with Gasteiger partial charge in [0.2, 0.25) is 5.91 Å². The number of hydrogen-bond donors (Lipinski definition) is 2. The SMILES string of the molecule is Cc1cc(C)cc(CC(C)NC(=O)C2CCCN2)c1.Cl. The number of halogens is 1. The minimum atomic E-state index is 0. The fraction of sp³-hybridized carbons (Fsp3) is 0.562. The molecule has 1 saturated heterocycles. The molecule has 1 heterocycles. The number of hydrogen-bond acceptors (Lipinski definition) is 2. The lowest BCUT2D eigenvalue weighted by Gasteiger charge is -2.18. The van der Waals surface area contributed by atoms with Gasteiger partial charge in [-0.05, 0) is 52.1 Å². The third kappa shape index (κ3) is 4.80. The molecule has 4 heteroatoms. The lowest BCUT2D eigenvalue weighted by atomic mass is 10.0. The van der Waals surface area contributed by atoms with Crippen molar-refractivity contribution in [2.45, 2.75) is 52.1 Å². The lowest BCUT2D eigenvalue weighted by molar-refractivity contribution is -0.123. The van der Waals surface area contributed by atoms with Crippen LogP contribution in [0.2, 0.25) is 0 Å². The van der Waals surface area contributed by atoms with Crippen molar-refractivity contribution in [2.75, 3.05) is 6.54 Å². The van der Waals surface area contributed by atoms with Crippen molar-refractivity contribution in [1.29, 1.82) is 0 Å². The van der Waals surface area contributed by atoms with Gasteiger partial charge in [-0.25, -0.2) is 0 Å². The molecule has 0 aliphatic carbocycles. The number of amides is 1. The van der Waals surface area contributed by atoms with Gasteiger partial charge in [-0.2, -0.15) is 0 Å². The summed E-state index contributed by atoms with van der Waals surface area (Å²) < 4.78 is 0. The molecule has 1 aromatic carbocycles. The van der Waals surface area contributed by atoms with Crippen LogP contribution in [0.25, 0.3) is 0 Å². The molecule has 112 valence electrons. The number of carbonyl (C=O) groups is 1. The summed E-state index contributed by atoms with van der Waals surface area (Å²) in [5.74, 6) is 0.148. The van der Waals surface area contributed by atoms with Gasteiger partial charge in [-0.3, -0.25) is 4.79 Å². The molecule has 0 radical (unpaired) electrons. The van der Waals surface area contributed by atoms with Crippen LogP contribution >= 0.6 is 12.4 Å². The molecule has 1 fully saturated rings. The molecule has 2 N–H and O–H groups in total. The smallest absolute Gasteiger partial charge is 0.237 e. The second-order valence-electron chi connectivity index (χ2n) is 5.76. The van der Waals surface area contributed by atoms with Crippen molar-refractivity contribution in [3.8, 4) is 0 Å². The number of carbonyl (C=O) groups excluding carboxylic acids is 1. The van der Waals surface area contributed by atoms with E-state index in [0.29, 0.717) is 0 Å². The van der Waals surface area contributed by atoms with Gasteiger partial charge < -0.3 is 10.6 Å². The Labute approximate surface area is 127 Å². The fourth-order valence-electron chi connectivity index (χ4n) is 2.84. The fourth-order valence-corrected chi connectivity index (χ4v) is 2.84. The first-order valence-corrected chi connectivity index (χ1v) is 7.15. The van der Waals surface area contributed by atoms with Crippen molar-refractivity contribution in [3.63, 3.8) is 0 Å². The van der Waals surface area contributed by atoms with E-state index in [1.165, 1.54) is 16.7 Å². The zero-order chi connectivity index (χ0) is 13.8. The quantitative estimate of drug-likeness (QED) is 0.896. The summed E-state index contributed by atoms with van der Waals surface area (Å²) in [4.78, 5) is 12.0. The molecule has 3 nitrogen and oxygen atoms in total. The average molecular weight is 297 g/mol. The maximum absolute atomic E-state index is 12.0. The molecular weight excluding hydrogens is 272 g/mol. The van der Waals surface area contributed by atoms with Crippen LogP contribution in [0.3, 0.4) is 0 Å². The van der Waals surface area contributed by atoms with Crippen molar-refractivity contribution >= 4 is 18.3 Å². The van der Waals surface area contributed by atoms with Crippen LogP contribution in [0, 0.1) is 13.8 Å². The van der Waals surface area contributed by atoms with E-state index in [2.05, 4.69) is 49.6 Å². The highest BCUT2D eigenvalue weighted by molar-refractivity contribution is 5.85. The van der Waals surface area contributed by atoms with Crippen molar-refractivity contribution in [3.05, 3.63) is 34.9 Å². The zero-order valence-corrected chi connectivity index (χ0v) is 13.3. The molecule has 0 spiro atoms. The lowest BCUT2D eigenvalue weighted by Crippen LogP contribution is -2.44. The second kappa shape index (κ2) is 7.65. The number of aryl methyl sites for hydroxylation is 2. The van der Waals surface area contributed by atoms with Crippen LogP contribution in [-0.4, -0.2) is 24.5 Å². The number of rotatable bonds is 4. The predicted molar refractivity (Wildman–Crippen MR) is 85.5 cm³/mol. The van der Waals surface area contributed by atoms with Gasteiger partial charge >= 0.3 is 0 Å². The van der Waals surface area contributed by atoms with Gasteiger partial charge in [-0.15, -0.1) is 12.4 Å². The van der Waals surface area contributed by atoms with Crippen molar-refractivity contribution in [1.82, 2.24) is 10.6 Å². The summed E-state index contributed by atoms with van der Waals surface area (Å²) >= 11 is 0. The first-order valence-electron chi connectivity index (χ1n) is 7.15. The Morgan fingerprint density at radius 3 is 2.55 bits per heavy atom. The Morgan fingerprint density at radius 1 is 1.35 bits per heavy atom. The Balaban J connectivity index is 0.00000200. The standard InChI is InChI=1S/C16H24N2O.ClH/c1-11-7-12(2)9-14(8-11)10-13(3)18-16(19)15-5-4-6-17-15;/h7-9,13,15,17H,4-6,10H2,1-3H3,(H,18,19);1H. The second-order valence-corrected chi connectivity index (χ2v) is 5.76. The van der Waals surface area contributed by atoms with Crippen molar-refractivity contribution < 1.29 is 4.79 Å². The van der Waals surface area contributed by atoms with E-state index in [1.54, 1.807) is 0 Å². The highest BCUT2D eigenvalue weighted by Crippen LogP contribution is 2.11. The molecule has 1 aromatic rings. The first kappa shape index (κ1) is 17.0. The third-order valence-corrected chi connectivity index (χ3v) is 3.59. The van der Waals surface area contributed by atoms with Crippen LogP contribution in [0.15, 0.2) is 18.2 Å². The van der Waals surface area contributed by atoms with E-state index in [4.69, 9.17) is 0 Å². The molecule has 1 aliphatic rings. The molecule has 2 unspecified atom stereocenters. The molecule has 0 aromatic heterocycles. The van der Waals surface area contributed by atoms with E-state index in [-0.39, 0.29) is 30.4 Å². The van der Waals surface area contributed by atoms with Gasteiger partial charge in [0.1, 0.15) is 0 Å². The topological polar surface area (TPSA) is 41.1 Å². The molecule has 1 aliphatic heterocycles. The molecule has 2 rings (SSSR count). The van der Waals surface area contributed by atoms with E-state index in [9.17, 15) is 4.79 Å². The summed E-state index contributed by atoms with van der Waals surface area (Å²) in [6, 6.07) is 6.76. The molecule has 0 saturated carbocycles. The predicted octanol–water partition coefficient (Wildman–Crippen LogP) is 2.52. The molecule has 2 atom stereocenters. The summed E-state index contributed by atoms with van der Waals surface area (Å²) in [7, 11) is 0. The Bertz CT molecular complexity index is 436. The summed E-state index contributed by atoms with van der Waals surface area (Å²) in [5.41, 5.74) is 3.86. The Hall–Kier alpha value is -1.06. The molecule has 1 amide bonds. The minimum Gasteiger partial charge on any atom is -0.352 e. The maximum Gasteiger partial charge on any atom is 0.237 e. The minimum absolute atomic E-state index is 0. The van der Waals surface area contributed by atoms with Gasteiger partial charge in [0, 0.05) is 6.04 Å². The van der Waals surface area contributed by atoms with Crippen molar-refractivity contribution in [2.24, 2.45) is 0 Å². The highest BCUT2D eigenvalue weighted by atomic mass is 35.5. The maximum atomic E-state index is 12.0. The van der Waals surface area contributed by atoms with Gasteiger partial charge in [0.05, 0.1) is 6.04 Å². The first-order chi connectivity index (χ1) is 9.04. The van der Waals surface area contributed by atoms with Crippen LogP contribution in [0.4, 0.5) is 0 Å². The largest absolute Gasteiger partial charge is 0.352 e. The summed E-state index contributed by atoms with van der Waals surface area (Å²) in [6.07, 6.45) is 2.95. The number of benzene rings is 1. The van der Waals surface area contributed by atoms with Crippen LogP contribution in [0.5, 0.6) is 0 Å². The van der Waals surface area contributed by atoms with Crippen LogP contribution in [0.1, 0.15) is 36.5 Å². The Kier molecular flexibility index (Phi) is 6.50. The zero-order valence-electron chi connectivity index (χ0n) is 12.5. The van der Waals surface area contributed by atoms with E-state index in [1.807, 2.05) is 0 Å². The van der Waals surface area contributed by atoms with Crippen LogP contribution in [-0.2, 0) is 11.2 Å². The normalized spacial score (nSPS) is 19.2. The summed E-state index contributed by atoms with van der Waals surface area (Å²) in [5, 5.41) is 6.34. The molecular formula is C16H25ClN2O. The van der Waals surface area contributed by atoms with Gasteiger partial charge in [0.25, 0.3) is 0 Å². The summed E-state index contributed by atoms with van der Waals surface area (Å²) in [6.45, 7) is 7.26. The van der Waals surface area contributed by atoms with Gasteiger partial charge in [0.15, 0.2) is 0 Å². The third-order valence-electron chi connectivity index (χ3n) is 3.59. The van der Waals surface area contributed by atoms with E-state index < -0.39 is 0 Å². The Morgan fingerprint density at radius 2 is 2.00 bits per heavy atom. The molecule has 20 heavy (non-hydrogen) atoms. The molecule has 0 bridgehead atoms.